The van der Waals surface area contributed by atoms with Gasteiger partial charge in [0, 0.05) is 32.0 Å². The molecule has 110 valence electrons. The molecule has 0 heterocycles. The first kappa shape index (κ1) is 14.9. The Bertz CT molecular complexity index is 490. The molecule has 1 aliphatic carbocycles. The fraction of sp³-hybridized carbons (Fsp3) is 0.562. The van der Waals surface area contributed by atoms with Crippen LogP contribution in [0.1, 0.15) is 31.2 Å². The van der Waals surface area contributed by atoms with Gasteiger partial charge in [0.2, 0.25) is 5.91 Å². The number of aryl methyl sites for hydroxylation is 1. The number of hydrogen-bond acceptors (Lipinski definition) is 3. The maximum atomic E-state index is 12.5. The van der Waals surface area contributed by atoms with Crippen molar-refractivity contribution in [2.24, 2.45) is 11.1 Å². The quantitative estimate of drug-likeness (QED) is 0.887. The minimum atomic E-state index is -0.355. The lowest BCUT2D eigenvalue weighted by atomic mass is 9.85. The van der Waals surface area contributed by atoms with E-state index in [1.807, 2.05) is 33.2 Å². The van der Waals surface area contributed by atoms with Crippen LogP contribution in [0.5, 0.6) is 0 Å². The van der Waals surface area contributed by atoms with Crippen molar-refractivity contribution in [3.05, 3.63) is 23.8 Å². The van der Waals surface area contributed by atoms with Crippen molar-refractivity contribution in [1.82, 2.24) is 0 Å². The molecule has 1 aliphatic rings. The zero-order valence-corrected chi connectivity index (χ0v) is 12.7. The molecule has 0 spiro atoms. The Balaban J connectivity index is 2.15. The molecule has 0 bridgehead atoms. The highest BCUT2D eigenvalue weighted by Crippen LogP contribution is 2.38. The minimum absolute atomic E-state index is 0.0817. The molecule has 1 fully saturated rings. The summed E-state index contributed by atoms with van der Waals surface area (Å²) in [5.74, 6) is 0.0817. The summed E-state index contributed by atoms with van der Waals surface area (Å²) in [5, 5.41) is 3.07. The Morgan fingerprint density at radius 3 is 2.50 bits per heavy atom. The number of nitrogens with zero attached hydrogens (tertiary/aromatic N) is 1. The highest BCUT2D eigenvalue weighted by atomic mass is 16.2. The second-order valence-electron chi connectivity index (χ2n) is 6.04. The number of carbonyl (C=O) groups excluding carboxylic acids is 1. The Morgan fingerprint density at radius 1 is 1.35 bits per heavy atom. The Kier molecular flexibility index (Phi) is 4.33. The molecule has 0 radical (unpaired) electrons. The summed E-state index contributed by atoms with van der Waals surface area (Å²) in [5.41, 5.74) is 8.61. The Labute approximate surface area is 121 Å². The molecule has 1 amide bonds. The number of anilines is 2. The van der Waals surface area contributed by atoms with Crippen molar-refractivity contribution in [3.63, 3.8) is 0 Å². The van der Waals surface area contributed by atoms with Gasteiger partial charge >= 0.3 is 0 Å². The van der Waals surface area contributed by atoms with Crippen LogP contribution < -0.4 is 16.0 Å². The molecule has 4 heteroatoms. The van der Waals surface area contributed by atoms with Crippen LogP contribution >= 0.6 is 0 Å². The summed E-state index contributed by atoms with van der Waals surface area (Å²) < 4.78 is 0. The average molecular weight is 275 g/mol. The zero-order valence-electron chi connectivity index (χ0n) is 12.7. The van der Waals surface area contributed by atoms with Gasteiger partial charge in [-0.3, -0.25) is 4.79 Å². The SMILES string of the molecule is Cc1cc(N(C)C)ccc1NC(=O)C1(CN)CCCC1. The van der Waals surface area contributed by atoms with E-state index in [0.29, 0.717) is 6.54 Å². The van der Waals surface area contributed by atoms with Gasteiger partial charge in [0.25, 0.3) is 0 Å². The summed E-state index contributed by atoms with van der Waals surface area (Å²) >= 11 is 0. The molecule has 20 heavy (non-hydrogen) atoms. The van der Waals surface area contributed by atoms with Gasteiger partial charge in [-0.05, 0) is 43.5 Å². The topological polar surface area (TPSA) is 58.4 Å². The smallest absolute Gasteiger partial charge is 0.231 e. The van der Waals surface area contributed by atoms with E-state index in [-0.39, 0.29) is 11.3 Å². The van der Waals surface area contributed by atoms with Gasteiger partial charge < -0.3 is 16.0 Å². The molecule has 2 rings (SSSR count). The van der Waals surface area contributed by atoms with E-state index in [9.17, 15) is 4.79 Å². The van der Waals surface area contributed by atoms with Crippen molar-refractivity contribution >= 4 is 17.3 Å². The molecule has 0 saturated heterocycles. The van der Waals surface area contributed by atoms with E-state index >= 15 is 0 Å². The van der Waals surface area contributed by atoms with Crippen molar-refractivity contribution < 1.29 is 4.79 Å². The van der Waals surface area contributed by atoms with E-state index in [1.165, 1.54) is 0 Å². The van der Waals surface area contributed by atoms with Crippen LogP contribution in [0.25, 0.3) is 0 Å². The number of carbonyl (C=O) groups is 1. The lowest BCUT2D eigenvalue weighted by Gasteiger charge is -2.26. The second kappa shape index (κ2) is 5.83. The van der Waals surface area contributed by atoms with Crippen molar-refractivity contribution in [3.8, 4) is 0 Å². The largest absolute Gasteiger partial charge is 0.378 e. The van der Waals surface area contributed by atoms with Gasteiger partial charge in [0.15, 0.2) is 0 Å². The molecular formula is C16H25N3O. The van der Waals surface area contributed by atoms with Gasteiger partial charge in [0.1, 0.15) is 0 Å². The maximum Gasteiger partial charge on any atom is 0.231 e. The predicted octanol–water partition coefficient (Wildman–Crippen LogP) is 2.52. The number of hydrogen-bond donors (Lipinski definition) is 2. The Morgan fingerprint density at radius 2 is 2.00 bits per heavy atom. The predicted molar refractivity (Wildman–Crippen MR) is 84.1 cm³/mol. The normalized spacial score (nSPS) is 17.0. The highest BCUT2D eigenvalue weighted by molar-refractivity contribution is 5.96. The monoisotopic (exact) mass is 275 g/mol. The lowest BCUT2D eigenvalue weighted by Crippen LogP contribution is -2.40. The Hall–Kier alpha value is -1.55. The van der Waals surface area contributed by atoms with Gasteiger partial charge in [-0.25, -0.2) is 0 Å². The third kappa shape index (κ3) is 2.80. The van der Waals surface area contributed by atoms with E-state index in [2.05, 4.69) is 16.3 Å². The maximum absolute atomic E-state index is 12.5. The number of rotatable bonds is 4. The fourth-order valence-corrected chi connectivity index (χ4v) is 2.90. The van der Waals surface area contributed by atoms with Gasteiger partial charge in [-0.15, -0.1) is 0 Å². The minimum Gasteiger partial charge on any atom is -0.378 e. The van der Waals surface area contributed by atoms with E-state index in [1.54, 1.807) is 0 Å². The summed E-state index contributed by atoms with van der Waals surface area (Å²) in [6.45, 7) is 2.46. The van der Waals surface area contributed by atoms with Crippen LogP contribution in [-0.4, -0.2) is 26.5 Å². The van der Waals surface area contributed by atoms with Gasteiger partial charge in [-0.1, -0.05) is 12.8 Å². The number of nitrogens with two attached hydrogens (primary N) is 1. The van der Waals surface area contributed by atoms with Crippen LogP contribution in [0.4, 0.5) is 11.4 Å². The summed E-state index contributed by atoms with van der Waals surface area (Å²) in [6.07, 6.45) is 4.01. The first-order chi connectivity index (χ1) is 9.48. The molecule has 1 aromatic rings. The third-order valence-corrected chi connectivity index (χ3v) is 4.41. The zero-order chi connectivity index (χ0) is 14.8. The summed E-state index contributed by atoms with van der Waals surface area (Å²) in [6, 6.07) is 6.08. The number of benzene rings is 1. The van der Waals surface area contributed by atoms with Crippen molar-refractivity contribution in [2.45, 2.75) is 32.6 Å². The van der Waals surface area contributed by atoms with Crippen molar-refractivity contribution in [1.29, 1.82) is 0 Å². The van der Waals surface area contributed by atoms with Crippen LogP contribution in [0.15, 0.2) is 18.2 Å². The van der Waals surface area contributed by atoms with Gasteiger partial charge in [0.05, 0.1) is 5.41 Å². The third-order valence-electron chi connectivity index (χ3n) is 4.41. The first-order valence-corrected chi connectivity index (χ1v) is 7.28. The average Bonchev–Trinajstić information content (AvgIpc) is 2.90. The van der Waals surface area contributed by atoms with E-state index < -0.39 is 0 Å². The van der Waals surface area contributed by atoms with Crippen LogP contribution in [0.2, 0.25) is 0 Å². The lowest BCUT2D eigenvalue weighted by molar-refractivity contribution is -0.124. The van der Waals surface area contributed by atoms with Crippen LogP contribution in [0.3, 0.4) is 0 Å². The molecule has 0 unspecified atom stereocenters. The molecule has 0 aromatic heterocycles. The molecule has 1 aromatic carbocycles. The fourth-order valence-electron chi connectivity index (χ4n) is 2.90. The molecule has 4 nitrogen and oxygen atoms in total. The van der Waals surface area contributed by atoms with Gasteiger partial charge in [-0.2, -0.15) is 0 Å². The standard InChI is InChI=1S/C16H25N3O/c1-12-10-13(19(2)3)6-7-14(12)18-15(20)16(11-17)8-4-5-9-16/h6-7,10H,4-5,8-9,11,17H2,1-3H3,(H,18,20). The molecule has 0 aliphatic heterocycles. The number of nitrogens with one attached hydrogen (secondary N) is 1. The molecule has 1 saturated carbocycles. The molecule has 3 N–H and O–H groups in total. The molecular weight excluding hydrogens is 250 g/mol. The van der Waals surface area contributed by atoms with Crippen molar-refractivity contribution in [2.75, 3.05) is 30.9 Å². The van der Waals surface area contributed by atoms with Crippen LogP contribution in [-0.2, 0) is 4.79 Å². The second-order valence-corrected chi connectivity index (χ2v) is 6.04. The van der Waals surface area contributed by atoms with E-state index in [4.69, 9.17) is 5.73 Å². The number of amides is 1. The summed E-state index contributed by atoms with van der Waals surface area (Å²) in [4.78, 5) is 14.6. The molecule has 0 atom stereocenters. The summed E-state index contributed by atoms with van der Waals surface area (Å²) in [7, 11) is 4.02. The highest BCUT2D eigenvalue weighted by Gasteiger charge is 2.39. The van der Waals surface area contributed by atoms with Crippen LogP contribution in [0, 0.1) is 12.3 Å². The van der Waals surface area contributed by atoms with E-state index in [0.717, 1.165) is 42.6 Å². The first-order valence-electron chi connectivity index (χ1n) is 7.28.